The fraction of sp³-hybridized carbons (Fsp3) is 0.200. The Hall–Kier alpha value is -3.32. The van der Waals surface area contributed by atoms with Gasteiger partial charge in [-0.1, -0.05) is 12.1 Å². The molecular weight excluding hydrogens is 346 g/mol. The Kier molecular flexibility index (Phi) is 6.06. The highest BCUT2D eigenvalue weighted by Gasteiger charge is 2.15. The molecule has 0 bridgehead atoms. The third kappa shape index (κ3) is 5.32. The van der Waals surface area contributed by atoms with E-state index in [1.807, 2.05) is 18.0 Å². The molecule has 1 aromatic carbocycles. The summed E-state index contributed by atoms with van der Waals surface area (Å²) in [4.78, 5) is 26.6. The van der Waals surface area contributed by atoms with Gasteiger partial charge < -0.3 is 19.5 Å². The van der Waals surface area contributed by atoms with Crippen LogP contribution >= 0.6 is 0 Å². The summed E-state index contributed by atoms with van der Waals surface area (Å²) in [5.41, 5.74) is 0.858. The molecule has 3 rings (SSSR count). The molecule has 3 aromatic rings. The lowest BCUT2D eigenvalue weighted by Crippen LogP contribution is -2.31. The van der Waals surface area contributed by atoms with Crippen molar-refractivity contribution in [3.63, 3.8) is 0 Å². The van der Waals surface area contributed by atoms with Gasteiger partial charge in [0.25, 0.3) is 5.91 Å². The first-order valence-electron chi connectivity index (χ1n) is 8.52. The van der Waals surface area contributed by atoms with Crippen molar-refractivity contribution in [3.8, 4) is 0 Å². The maximum absolute atomic E-state index is 12.4. The molecule has 0 aliphatic rings. The van der Waals surface area contributed by atoms with Crippen LogP contribution in [0.1, 0.15) is 21.9 Å². The Morgan fingerprint density at radius 1 is 0.963 bits per heavy atom. The average molecular weight is 367 g/mol. The van der Waals surface area contributed by atoms with E-state index in [0.717, 1.165) is 5.76 Å². The van der Waals surface area contributed by atoms with Crippen molar-refractivity contribution >= 4 is 17.5 Å². The highest BCUT2D eigenvalue weighted by atomic mass is 16.3. The molecule has 0 radical (unpaired) electrons. The SMILES string of the molecule is CN(CC(=O)Nc1ccccc1C(=O)NCc1ccco1)Cc1ccco1. The standard InChI is InChI=1S/C20H21N3O4/c1-23(13-16-7-5-11-27-16)14-19(24)22-18-9-3-2-8-17(18)20(25)21-12-15-6-4-10-26-15/h2-11H,12-14H2,1H3,(H,21,25)(H,22,24). The van der Waals surface area contributed by atoms with E-state index in [9.17, 15) is 9.59 Å². The van der Waals surface area contributed by atoms with Crippen molar-refractivity contribution in [1.82, 2.24) is 10.2 Å². The van der Waals surface area contributed by atoms with E-state index in [2.05, 4.69) is 10.6 Å². The molecule has 0 atom stereocenters. The lowest BCUT2D eigenvalue weighted by atomic mass is 10.1. The molecule has 2 N–H and O–H groups in total. The fourth-order valence-electron chi connectivity index (χ4n) is 2.63. The Balaban J connectivity index is 1.57. The molecule has 7 nitrogen and oxygen atoms in total. The van der Waals surface area contributed by atoms with Gasteiger partial charge in [0.1, 0.15) is 11.5 Å². The number of nitrogens with one attached hydrogen (secondary N) is 2. The van der Waals surface area contributed by atoms with Gasteiger partial charge in [-0.2, -0.15) is 0 Å². The van der Waals surface area contributed by atoms with Crippen LogP contribution < -0.4 is 10.6 Å². The lowest BCUT2D eigenvalue weighted by Gasteiger charge is -2.16. The smallest absolute Gasteiger partial charge is 0.253 e. The van der Waals surface area contributed by atoms with Crippen LogP contribution in [0.15, 0.2) is 69.9 Å². The van der Waals surface area contributed by atoms with Crippen LogP contribution in [0.5, 0.6) is 0 Å². The van der Waals surface area contributed by atoms with Gasteiger partial charge in [0.2, 0.25) is 5.91 Å². The van der Waals surface area contributed by atoms with E-state index in [-0.39, 0.29) is 24.9 Å². The number of likely N-dealkylation sites (N-methyl/N-ethyl adjacent to an activating group) is 1. The summed E-state index contributed by atoms with van der Waals surface area (Å²) in [5, 5.41) is 5.58. The molecular formula is C20H21N3O4. The molecule has 2 amide bonds. The maximum atomic E-state index is 12.4. The molecule has 0 spiro atoms. The zero-order chi connectivity index (χ0) is 19.1. The van der Waals surface area contributed by atoms with Crippen molar-refractivity contribution in [1.29, 1.82) is 0 Å². The van der Waals surface area contributed by atoms with Gasteiger partial charge in [-0.05, 0) is 43.4 Å². The molecule has 0 fully saturated rings. The highest BCUT2D eigenvalue weighted by Crippen LogP contribution is 2.15. The summed E-state index contributed by atoms with van der Waals surface area (Å²) in [6.45, 7) is 0.967. The largest absolute Gasteiger partial charge is 0.468 e. The van der Waals surface area contributed by atoms with Gasteiger partial charge in [-0.25, -0.2) is 0 Å². The van der Waals surface area contributed by atoms with E-state index < -0.39 is 0 Å². The van der Waals surface area contributed by atoms with Crippen molar-refractivity contribution in [2.45, 2.75) is 13.1 Å². The topological polar surface area (TPSA) is 87.7 Å². The molecule has 27 heavy (non-hydrogen) atoms. The zero-order valence-electron chi connectivity index (χ0n) is 15.0. The van der Waals surface area contributed by atoms with Gasteiger partial charge in [0.15, 0.2) is 0 Å². The second kappa shape index (κ2) is 8.86. The number of para-hydroxylation sites is 1. The monoisotopic (exact) mass is 367 g/mol. The molecule has 2 aromatic heterocycles. The number of hydrogen-bond donors (Lipinski definition) is 2. The van der Waals surface area contributed by atoms with Crippen LogP contribution in [0.25, 0.3) is 0 Å². The van der Waals surface area contributed by atoms with Crippen LogP contribution in [0.2, 0.25) is 0 Å². The second-order valence-corrected chi connectivity index (χ2v) is 6.11. The molecule has 140 valence electrons. The minimum absolute atomic E-state index is 0.170. The fourth-order valence-corrected chi connectivity index (χ4v) is 2.63. The maximum Gasteiger partial charge on any atom is 0.253 e. The quantitative estimate of drug-likeness (QED) is 0.639. The van der Waals surface area contributed by atoms with E-state index in [1.54, 1.807) is 55.0 Å². The molecule has 2 heterocycles. The minimum atomic E-state index is -0.286. The first-order valence-corrected chi connectivity index (χ1v) is 8.52. The number of rotatable bonds is 8. The summed E-state index contributed by atoms with van der Waals surface area (Å²) >= 11 is 0. The zero-order valence-corrected chi connectivity index (χ0v) is 15.0. The number of carbonyl (C=O) groups is 2. The highest BCUT2D eigenvalue weighted by molar-refractivity contribution is 6.04. The average Bonchev–Trinajstić information content (AvgIpc) is 3.33. The number of amides is 2. The van der Waals surface area contributed by atoms with Crippen LogP contribution in [0, 0.1) is 0 Å². The summed E-state index contributed by atoms with van der Waals surface area (Å²) in [5.74, 6) is 0.939. The normalized spacial score (nSPS) is 10.7. The van der Waals surface area contributed by atoms with Crippen LogP contribution in [0.4, 0.5) is 5.69 Å². The van der Waals surface area contributed by atoms with Crippen molar-refractivity contribution in [3.05, 3.63) is 78.1 Å². The van der Waals surface area contributed by atoms with Crippen molar-refractivity contribution in [2.24, 2.45) is 0 Å². The predicted molar refractivity (Wildman–Crippen MR) is 100.0 cm³/mol. The van der Waals surface area contributed by atoms with Gasteiger partial charge in [0.05, 0.1) is 43.4 Å². The lowest BCUT2D eigenvalue weighted by molar-refractivity contribution is -0.117. The predicted octanol–water partition coefficient (Wildman–Crippen LogP) is 2.87. The van der Waals surface area contributed by atoms with E-state index in [0.29, 0.717) is 23.6 Å². The first-order chi connectivity index (χ1) is 13.1. The number of carbonyl (C=O) groups excluding carboxylic acids is 2. The Bertz CT molecular complexity index is 873. The Morgan fingerprint density at radius 3 is 2.37 bits per heavy atom. The van der Waals surface area contributed by atoms with E-state index >= 15 is 0 Å². The molecule has 0 aliphatic carbocycles. The molecule has 7 heteroatoms. The molecule has 0 saturated heterocycles. The Labute approximate surface area is 157 Å². The molecule has 0 saturated carbocycles. The van der Waals surface area contributed by atoms with Gasteiger partial charge in [0, 0.05) is 0 Å². The molecule has 0 aliphatic heterocycles. The van der Waals surface area contributed by atoms with Crippen molar-refractivity contribution in [2.75, 3.05) is 18.9 Å². The van der Waals surface area contributed by atoms with Gasteiger partial charge >= 0.3 is 0 Å². The number of nitrogens with zero attached hydrogens (tertiary/aromatic N) is 1. The second-order valence-electron chi connectivity index (χ2n) is 6.11. The van der Waals surface area contributed by atoms with Crippen LogP contribution in [-0.4, -0.2) is 30.3 Å². The minimum Gasteiger partial charge on any atom is -0.468 e. The van der Waals surface area contributed by atoms with Gasteiger partial charge in [-0.15, -0.1) is 0 Å². The molecule has 0 unspecified atom stereocenters. The number of anilines is 1. The number of hydrogen-bond acceptors (Lipinski definition) is 5. The third-order valence-electron chi connectivity index (χ3n) is 3.87. The Morgan fingerprint density at radius 2 is 1.67 bits per heavy atom. The van der Waals surface area contributed by atoms with Crippen LogP contribution in [-0.2, 0) is 17.9 Å². The van der Waals surface area contributed by atoms with Crippen LogP contribution in [0.3, 0.4) is 0 Å². The van der Waals surface area contributed by atoms with Crippen molar-refractivity contribution < 1.29 is 18.4 Å². The van der Waals surface area contributed by atoms with Gasteiger partial charge in [-0.3, -0.25) is 14.5 Å². The summed E-state index contributed by atoms with van der Waals surface area (Å²) in [7, 11) is 1.82. The number of benzene rings is 1. The summed E-state index contributed by atoms with van der Waals surface area (Å²) in [6, 6.07) is 14.1. The summed E-state index contributed by atoms with van der Waals surface area (Å²) < 4.78 is 10.5. The summed E-state index contributed by atoms with van der Waals surface area (Å²) in [6.07, 6.45) is 3.15. The first kappa shape index (κ1) is 18.5. The van der Waals surface area contributed by atoms with E-state index in [4.69, 9.17) is 8.83 Å². The number of furan rings is 2. The van der Waals surface area contributed by atoms with E-state index in [1.165, 1.54) is 0 Å². The third-order valence-corrected chi connectivity index (χ3v) is 3.87.